The van der Waals surface area contributed by atoms with Crippen molar-refractivity contribution >= 4 is 14.3 Å². The maximum Gasteiger partial charge on any atom is 0.417 e. The van der Waals surface area contributed by atoms with Crippen molar-refractivity contribution in [2.75, 3.05) is 0 Å². The van der Waals surface area contributed by atoms with E-state index in [2.05, 4.69) is 4.74 Å². The van der Waals surface area contributed by atoms with Crippen molar-refractivity contribution in [3.05, 3.63) is 12.2 Å². The van der Waals surface area contributed by atoms with Crippen LogP contribution in [-0.4, -0.2) is 32.7 Å². The van der Waals surface area contributed by atoms with Crippen LogP contribution in [0.2, 0.25) is 18.1 Å². The summed E-state index contributed by atoms with van der Waals surface area (Å²) in [5.41, 5.74) is 0. The molecule has 0 N–H and O–H groups in total. The molecule has 19 heavy (non-hydrogen) atoms. The number of esters is 1. The van der Waals surface area contributed by atoms with Crippen molar-refractivity contribution in [2.45, 2.75) is 57.3 Å². The molecule has 0 saturated carbocycles. The molecule has 3 nitrogen and oxygen atoms in total. The Labute approximate surface area is 111 Å². The van der Waals surface area contributed by atoms with Gasteiger partial charge in [0.15, 0.2) is 20.5 Å². The van der Waals surface area contributed by atoms with Gasteiger partial charge in [-0.3, -0.25) is 0 Å². The van der Waals surface area contributed by atoms with Crippen LogP contribution < -0.4 is 0 Å². The molecule has 1 heterocycles. The summed E-state index contributed by atoms with van der Waals surface area (Å²) in [6, 6.07) is 0. The molecule has 0 spiro atoms. The second-order valence-electron chi connectivity index (χ2n) is 6.10. The van der Waals surface area contributed by atoms with E-state index in [-0.39, 0.29) is 5.04 Å². The number of halogens is 3. The third-order valence-electron chi connectivity index (χ3n) is 3.52. The van der Waals surface area contributed by atoms with Gasteiger partial charge in [0.25, 0.3) is 0 Å². The molecular formula is C12H19F3O3Si. The van der Waals surface area contributed by atoms with E-state index in [9.17, 15) is 18.0 Å². The van der Waals surface area contributed by atoms with Crippen molar-refractivity contribution < 1.29 is 27.1 Å². The summed E-state index contributed by atoms with van der Waals surface area (Å²) < 4.78 is 49.3. The Morgan fingerprint density at radius 1 is 1.32 bits per heavy atom. The topological polar surface area (TPSA) is 35.5 Å². The highest BCUT2D eigenvalue weighted by atomic mass is 28.4. The Bertz CT molecular complexity index is 383. The number of carbonyl (C=O) groups excluding carboxylic acids is 1. The van der Waals surface area contributed by atoms with Gasteiger partial charge in [-0.25, -0.2) is 4.79 Å². The van der Waals surface area contributed by atoms with Crippen molar-refractivity contribution in [3.63, 3.8) is 0 Å². The van der Waals surface area contributed by atoms with E-state index < -0.39 is 32.7 Å². The fourth-order valence-corrected chi connectivity index (χ4v) is 2.62. The third kappa shape index (κ3) is 3.82. The Hall–Kier alpha value is -0.823. The highest BCUT2D eigenvalue weighted by Gasteiger charge is 2.52. The molecule has 0 aromatic carbocycles. The minimum atomic E-state index is -4.57. The van der Waals surface area contributed by atoms with Crippen molar-refractivity contribution in [1.29, 1.82) is 0 Å². The van der Waals surface area contributed by atoms with Gasteiger partial charge in [0.2, 0.25) is 0 Å². The minimum Gasteiger partial charge on any atom is -0.452 e. The van der Waals surface area contributed by atoms with E-state index in [4.69, 9.17) is 4.43 Å². The number of cyclic esters (lactones) is 1. The standard InChI is InChI=1S/C12H19F3O3Si/c1-11(2,3)19(4,5)18-10(12(13,14)15)8-6-7-9(16)17-8/h6-8,10H,1-5H3. The molecule has 0 aromatic rings. The summed E-state index contributed by atoms with van der Waals surface area (Å²) in [6.45, 7) is 9.01. The highest BCUT2D eigenvalue weighted by Crippen LogP contribution is 2.41. The van der Waals surface area contributed by atoms with E-state index in [1.54, 1.807) is 13.1 Å². The van der Waals surface area contributed by atoms with Crippen LogP contribution in [0.4, 0.5) is 13.2 Å². The van der Waals surface area contributed by atoms with Gasteiger partial charge in [-0.15, -0.1) is 0 Å². The minimum absolute atomic E-state index is 0.358. The first-order valence-electron chi connectivity index (χ1n) is 5.98. The molecule has 2 unspecified atom stereocenters. The third-order valence-corrected chi connectivity index (χ3v) is 7.98. The number of hydrogen-bond donors (Lipinski definition) is 0. The quantitative estimate of drug-likeness (QED) is 0.591. The number of carbonyl (C=O) groups is 1. The Balaban J connectivity index is 2.95. The zero-order chi connectivity index (χ0) is 15.1. The van der Waals surface area contributed by atoms with Crippen LogP contribution >= 0.6 is 0 Å². The summed E-state index contributed by atoms with van der Waals surface area (Å²) in [4.78, 5) is 10.9. The van der Waals surface area contributed by atoms with Crippen LogP contribution in [0.1, 0.15) is 20.8 Å². The predicted octanol–water partition coefficient (Wildman–Crippen LogP) is 3.42. The molecule has 0 radical (unpaired) electrons. The van der Waals surface area contributed by atoms with E-state index >= 15 is 0 Å². The molecule has 0 aromatic heterocycles. The van der Waals surface area contributed by atoms with Gasteiger partial charge in [-0.1, -0.05) is 20.8 Å². The SMILES string of the molecule is CC(C)(C)[Si](C)(C)OC(C1C=CC(=O)O1)C(F)(F)F. The summed E-state index contributed by atoms with van der Waals surface area (Å²) in [5.74, 6) is -0.766. The maximum absolute atomic E-state index is 13.1. The maximum atomic E-state index is 13.1. The number of ether oxygens (including phenoxy) is 1. The Morgan fingerprint density at radius 2 is 1.84 bits per heavy atom. The normalized spacial score (nSPS) is 22.5. The molecule has 1 rings (SSSR count). The van der Waals surface area contributed by atoms with Gasteiger partial charge in [0, 0.05) is 6.08 Å². The molecule has 110 valence electrons. The number of alkyl halides is 3. The molecule has 2 atom stereocenters. The van der Waals surface area contributed by atoms with Crippen molar-refractivity contribution in [2.24, 2.45) is 0 Å². The van der Waals surface area contributed by atoms with Crippen LogP contribution in [0.3, 0.4) is 0 Å². The average Bonchev–Trinajstić information content (AvgIpc) is 2.57. The monoisotopic (exact) mass is 296 g/mol. The second kappa shape index (κ2) is 4.94. The zero-order valence-electron chi connectivity index (χ0n) is 11.7. The fourth-order valence-electron chi connectivity index (χ4n) is 1.36. The lowest BCUT2D eigenvalue weighted by molar-refractivity contribution is -0.220. The van der Waals surface area contributed by atoms with Gasteiger partial charge < -0.3 is 9.16 Å². The largest absolute Gasteiger partial charge is 0.452 e. The highest BCUT2D eigenvalue weighted by molar-refractivity contribution is 6.74. The second-order valence-corrected chi connectivity index (χ2v) is 10.9. The summed E-state index contributed by atoms with van der Waals surface area (Å²) >= 11 is 0. The van der Waals surface area contributed by atoms with Gasteiger partial charge in [0.1, 0.15) is 0 Å². The molecular weight excluding hydrogens is 277 g/mol. The first-order chi connectivity index (χ1) is 8.34. The lowest BCUT2D eigenvalue weighted by Crippen LogP contribution is -2.52. The zero-order valence-corrected chi connectivity index (χ0v) is 12.7. The molecule has 7 heteroatoms. The van der Waals surface area contributed by atoms with Gasteiger partial charge in [-0.2, -0.15) is 13.2 Å². The van der Waals surface area contributed by atoms with Crippen LogP contribution in [0.5, 0.6) is 0 Å². The number of hydrogen-bond acceptors (Lipinski definition) is 3. The smallest absolute Gasteiger partial charge is 0.417 e. The summed E-state index contributed by atoms with van der Waals surface area (Å²) in [5, 5.41) is -0.358. The molecule has 1 aliphatic rings. The van der Waals surface area contributed by atoms with Gasteiger partial charge in [0.05, 0.1) is 0 Å². The predicted molar refractivity (Wildman–Crippen MR) is 67.1 cm³/mol. The van der Waals surface area contributed by atoms with E-state index in [0.717, 1.165) is 12.2 Å². The average molecular weight is 296 g/mol. The van der Waals surface area contributed by atoms with Crippen molar-refractivity contribution in [1.82, 2.24) is 0 Å². The lowest BCUT2D eigenvalue weighted by Gasteiger charge is -2.40. The molecule has 0 fully saturated rings. The summed E-state index contributed by atoms with van der Waals surface area (Å²) in [6.07, 6.45) is -5.96. The molecule has 0 saturated heterocycles. The number of rotatable bonds is 3. The van der Waals surface area contributed by atoms with E-state index in [1.807, 2.05) is 20.8 Å². The van der Waals surface area contributed by atoms with Crippen LogP contribution in [-0.2, 0) is 14.0 Å². The van der Waals surface area contributed by atoms with Gasteiger partial charge in [-0.05, 0) is 24.2 Å². The van der Waals surface area contributed by atoms with Crippen molar-refractivity contribution in [3.8, 4) is 0 Å². The molecule has 1 aliphatic heterocycles. The fraction of sp³-hybridized carbons (Fsp3) is 0.750. The molecule has 0 aliphatic carbocycles. The van der Waals surface area contributed by atoms with Crippen LogP contribution in [0.15, 0.2) is 12.2 Å². The first kappa shape index (κ1) is 16.2. The lowest BCUT2D eigenvalue weighted by atomic mass is 10.2. The van der Waals surface area contributed by atoms with Gasteiger partial charge >= 0.3 is 12.1 Å². The van der Waals surface area contributed by atoms with Crippen LogP contribution in [0.25, 0.3) is 0 Å². The Kier molecular flexibility index (Phi) is 4.22. The molecule has 0 bridgehead atoms. The first-order valence-corrected chi connectivity index (χ1v) is 8.89. The van der Waals surface area contributed by atoms with Crippen LogP contribution in [0, 0.1) is 0 Å². The van der Waals surface area contributed by atoms with E-state index in [1.165, 1.54) is 0 Å². The van der Waals surface area contributed by atoms with E-state index in [0.29, 0.717) is 0 Å². The summed E-state index contributed by atoms with van der Waals surface area (Å²) in [7, 11) is -2.61. The molecule has 0 amide bonds. The Morgan fingerprint density at radius 3 is 2.16 bits per heavy atom.